The SMILES string of the molecule is C/C=C\C(=C/C#N)C(=O)CBr. The van der Waals surface area contributed by atoms with Gasteiger partial charge in [-0.1, -0.05) is 28.1 Å². The van der Waals surface area contributed by atoms with E-state index in [1.165, 1.54) is 6.08 Å². The summed E-state index contributed by atoms with van der Waals surface area (Å²) in [6.07, 6.45) is 4.58. The molecule has 0 amide bonds. The molecular formula is C8H8BrNO. The lowest BCUT2D eigenvalue weighted by molar-refractivity contribution is -0.112. The molecule has 58 valence electrons. The third-order valence-electron chi connectivity index (χ3n) is 1.01. The molecule has 0 saturated heterocycles. The summed E-state index contributed by atoms with van der Waals surface area (Å²) in [7, 11) is 0. The van der Waals surface area contributed by atoms with Gasteiger partial charge < -0.3 is 0 Å². The Balaban J connectivity index is 4.50. The molecule has 0 atom stereocenters. The number of nitrogens with zero attached hydrogens (tertiary/aromatic N) is 1. The van der Waals surface area contributed by atoms with E-state index in [2.05, 4.69) is 15.9 Å². The molecule has 0 aliphatic heterocycles. The van der Waals surface area contributed by atoms with Gasteiger partial charge in [0, 0.05) is 11.6 Å². The summed E-state index contributed by atoms with van der Waals surface area (Å²) in [5, 5.41) is 8.53. The fourth-order valence-corrected chi connectivity index (χ4v) is 0.872. The van der Waals surface area contributed by atoms with Crippen LogP contribution in [-0.2, 0) is 4.79 Å². The van der Waals surface area contributed by atoms with Gasteiger partial charge in [0.1, 0.15) is 0 Å². The zero-order valence-electron chi connectivity index (χ0n) is 6.17. The molecule has 0 heterocycles. The van der Waals surface area contributed by atoms with E-state index in [9.17, 15) is 4.79 Å². The van der Waals surface area contributed by atoms with E-state index in [0.717, 1.165) is 0 Å². The monoisotopic (exact) mass is 213 g/mol. The molecule has 0 aromatic carbocycles. The van der Waals surface area contributed by atoms with Gasteiger partial charge in [0.2, 0.25) is 0 Å². The Morgan fingerprint density at radius 3 is 2.73 bits per heavy atom. The van der Waals surface area contributed by atoms with Crippen LogP contribution in [0.15, 0.2) is 23.8 Å². The lowest BCUT2D eigenvalue weighted by Crippen LogP contribution is -2.00. The van der Waals surface area contributed by atoms with Crippen LogP contribution in [-0.4, -0.2) is 11.1 Å². The molecule has 0 rings (SSSR count). The average molecular weight is 214 g/mol. The van der Waals surface area contributed by atoms with Gasteiger partial charge in [-0.3, -0.25) is 4.79 Å². The van der Waals surface area contributed by atoms with Crippen LogP contribution in [0.3, 0.4) is 0 Å². The molecule has 2 nitrogen and oxygen atoms in total. The van der Waals surface area contributed by atoms with Crippen molar-refractivity contribution in [1.29, 1.82) is 5.26 Å². The molecule has 0 radical (unpaired) electrons. The van der Waals surface area contributed by atoms with Crippen molar-refractivity contribution in [3.8, 4) is 6.07 Å². The predicted molar refractivity (Wildman–Crippen MR) is 47.3 cm³/mol. The number of allylic oxidation sites excluding steroid dienone is 4. The standard InChI is InChI=1S/C8H8BrNO/c1-2-3-7(4-5-10)8(11)6-9/h2-4H,6H2,1H3/b3-2-,7-4+. The van der Waals surface area contributed by atoms with Crippen LogP contribution in [0.4, 0.5) is 0 Å². The molecule has 0 spiro atoms. The second-order valence-corrected chi connectivity index (χ2v) is 2.35. The van der Waals surface area contributed by atoms with Gasteiger partial charge in [0.25, 0.3) is 0 Å². The summed E-state index contributed by atoms with van der Waals surface area (Å²) < 4.78 is 0. The summed E-state index contributed by atoms with van der Waals surface area (Å²) in [6, 6.07) is 1.81. The Bertz CT molecular complexity index is 235. The number of rotatable bonds is 3. The van der Waals surface area contributed by atoms with Crippen LogP contribution in [0, 0.1) is 11.3 Å². The minimum atomic E-state index is -0.0790. The van der Waals surface area contributed by atoms with Crippen molar-refractivity contribution < 1.29 is 4.79 Å². The number of nitriles is 1. The van der Waals surface area contributed by atoms with Gasteiger partial charge in [0.15, 0.2) is 5.78 Å². The van der Waals surface area contributed by atoms with Gasteiger partial charge in [-0.15, -0.1) is 0 Å². The van der Waals surface area contributed by atoms with E-state index in [4.69, 9.17) is 5.26 Å². The number of ketones is 1. The Labute approximate surface area is 74.3 Å². The smallest absolute Gasteiger partial charge is 0.174 e. The van der Waals surface area contributed by atoms with Crippen LogP contribution < -0.4 is 0 Å². The number of carbonyl (C=O) groups is 1. The van der Waals surface area contributed by atoms with Crippen LogP contribution in [0.2, 0.25) is 0 Å². The van der Waals surface area contributed by atoms with Gasteiger partial charge in [-0.2, -0.15) is 5.26 Å². The molecule has 0 bridgehead atoms. The summed E-state index contributed by atoms with van der Waals surface area (Å²) >= 11 is 3.02. The maximum Gasteiger partial charge on any atom is 0.174 e. The van der Waals surface area contributed by atoms with Crippen LogP contribution in [0.1, 0.15) is 6.92 Å². The summed E-state index contributed by atoms with van der Waals surface area (Å²) in [5.74, 6) is -0.0790. The maximum atomic E-state index is 11.0. The number of Topliss-reactive ketones (excluding diaryl/α,β-unsaturated/α-hetero) is 1. The Hall–Kier alpha value is -0.880. The Morgan fingerprint density at radius 2 is 2.36 bits per heavy atom. The average Bonchev–Trinajstić information content (AvgIpc) is 2.03. The fourth-order valence-electron chi connectivity index (χ4n) is 0.548. The fraction of sp³-hybridized carbons (Fsp3) is 0.250. The highest BCUT2D eigenvalue weighted by Gasteiger charge is 2.02. The highest BCUT2D eigenvalue weighted by Crippen LogP contribution is 2.00. The largest absolute Gasteiger partial charge is 0.293 e. The van der Waals surface area contributed by atoms with E-state index in [0.29, 0.717) is 5.57 Å². The number of hydrogen-bond donors (Lipinski definition) is 0. The molecule has 0 unspecified atom stereocenters. The topological polar surface area (TPSA) is 40.9 Å². The van der Waals surface area contributed by atoms with Gasteiger partial charge >= 0.3 is 0 Å². The highest BCUT2D eigenvalue weighted by molar-refractivity contribution is 9.09. The van der Waals surface area contributed by atoms with Crippen molar-refractivity contribution in [3.63, 3.8) is 0 Å². The third-order valence-corrected chi connectivity index (χ3v) is 1.52. The molecule has 0 fully saturated rings. The van der Waals surface area contributed by atoms with E-state index in [1.54, 1.807) is 19.1 Å². The van der Waals surface area contributed by atoms with Crippen molar-refractivity contribution >= 4 is 21.7 Å². The maximum absolute atomic E-state index is 11.0. The number of hydrogen-bond acceptors (Lipinski definition) is 2. The lowest BCUT2D eigenvalue weighted by Gasteiger charge is -1.92. The van der Waals surface area contributed by atoms with E-state index in [1.807, 2.05) is 6.07 Å². The van der Waals surface area contributed by atoms with E-state index >= 15 is 0 Å². The van der Waals surface area contributed by atoms with Crippen LogP contribution in [0.5, 0.6) is 0 Å². The number of alkyl halides is 1. The summed E-state index contributed by atoms with van der Waals surface area (Å²) in [5.41, 5.74) is 0.437. The first kappa shape index (κ1) is 10.1. The molecule has 0 aromatic rings. The molecule has 11 heavy (non-hydrogen) atoms. The van der Waals surface area contributed by atoms with Crippen molar-refractivity contribution in [1.82, 2.24) is 0 Å². The second kappa shape index (κ2) is 5.87. The molecule has 0 N–H and O–H groups in total. The van der Waals surface area contributed by atoms with Crippen molar-refractivity contribution in [2.45, 2.75) is 6.92 Å². The predicted octanol–water partition coefficient (Wildman–Crippen LogP) is 1.98. The molecule has 3 heteroatoms. The normalized spacial score (nSPS) is 11.5. The summed E-state index contributed by atoms with van der Waals surface area (Å²) in [6.45, 7) is 1.80. The molecule has 0 saturated carbocycles. The third kappa shape index (κ3) is 3.74. The van der Waals surface area contributed by atoms with Gasteiger partial charge in [0.05, 0.1) is 11.4 Å². The van der Waals surface area contributed by atoms with Crippen molar-refractivity contribution in [2.75, 3.05) is 5.33 Å². The molecule has 0 aliphatic carbocycles. The minimum absolute atomic E-state index is 0.0790. The molecular weight excluding hydrogens is 206 g/mol. The lowest BCUT2D eigenvalue weighted by atomic mass is 10.1. The Kier molecular flexibility index (Phi) is 5.40. The van der Waals surface area contributed by atoms with Crippen LogP contribution in [0.25, 0.3) is 0 Å². The first-order valence-electron chi connectivity index (χ1n) is 3.08. The molecule has 0 aliphatic rings. The second-order valence-electron chi connectivity index (χ2n) is 1.79. The zero-order chi connectivity index (χ0) is 8.69. The molecule has 0 aromatic heterocycles. The summed E-state index contributed by atoms with van der Waals surface area (Å²) in [4.78, 5) is 11.0. The quantitative estimate of drug-likeness (QED) is 0.312. The van der Waals surface area contributed by atoms with Gasteiger partial charge in [-0.05, 0) is 6.92 Å². The van der Waals surface area contributed by atoms with Crippen LogP contribution >= 0.6 is 15.9 Å². The Morgan fingerprint density at radius 1 is 1.73 bits per heavy atom. The first-order chi connectivity index (χ1) is 5.26. The van der Waals surface area contributed by atoms with E-state index in [-0.39, 0.29) is 11.1 Å². The van der Waals surface area contributed by atoms with Crippen molar-refractivity contribution in [3.05, 3.63) is 23.8 Å². The minimum Gasteiger partial charge on any atom is -0.293 e. The van der Waals surface area contributed by atoms with Crippen molar-refractivity contribution in [2.24, 2.45) is 0 Å². The first-order valence-corrected chi connectivity index (χ1v) is 4.20. The highest BCUT2D eigenvalue weighted by atomic mass is 79.9. The zero-order valence-corrected chi connectivity index (χ0v) is 7.76. The number of carbonyl (C=O) groups excluding carboxylic acids is 1. The number of halogens is 1. The van der Waals surface area contributed by atoms with E-state index < -0.39 is 0 Å². The van der Waals surface area contributed by atoms with Gasteiger partial charge in [-0.25, -0.2) is 0 Å².